The minimum Gasteiger partial charge on any atom is -0.381 e. The summed E-state index contributed by atoms with van der Waals surface area (Å²) in [5.74, 6) is 6.50. The van der Waals surface area contributed by atoms with Crippen LogP contribution in [0.5, 0.6) is 0 Å². The normalized spacial score (nSPS) is 23.6. The summed E-state index contributed by atoms with van der Waals surface area (Å²) in [6.45, 7) is 1.65. The number of aliphatic hydroxyl groups is 1. The van der Waals surface area contributed by atoms with Crippen LogP contribution in [0.2, 0.25) is 0 Å². The number of rotatable bonds is 4. The second-order valence-electron chi connectivity index (χ2n) is 7.64. The Morgan fingerprint density at radius 1 is 1.10 bits per heavy atom. The molecule has 6 heteroatoms. The van der Waals surface area contributed by atoms with E-state index in [1.54, 1.807) is 37.7 Å². The van der Waals surface area contributed by atoms with Crippen molar-refractivity contribution in [3.63, 3.8) is 0 Å². The molecule has 2 unspecified atom stereocenters. The van der Waals surface area contributed by atoms with Crippen LogP contribution in [0.1, 0.15) is 23.6 Å². The molecule has 0 amide bonds. The molecule has 30 heavy (non-hydrogen) atoms. The van der Waals surface area contributed by atoms with E-state index >= 15 is 4.39 Å². The van der Waals surface area contributed by atoms with Crippen LogP contribution >= 0.6 is 0 Å². The van der Waals surface area contributed by atoms with Gasteiger partial charge in [-0.15, -0.1) is 4.59 Å². The molecule has 2 aromatic carbocycles. The van der Waals surface area contributed by atoms with Gasteiger partial charge in [0, 0.05) is 5.57 Å². The maximum absolute atomic E-state index is 15.3. The van der Waals surface area contributed by atoms with Crippen LogP contribution in [0.4, 0.5) is 4.39 Å². The molecular formula is C24H20FN4O+. The molecule has 1 aliphatic carbocycles. The molecule has 0 aromatic heterocycles. The molecule has 0 saturated carbocycles. The van der Waals surface area contributed by atoms with Gasteiger partial charge in [0.1, 0.15) is 23.3 Å². The number of aliphatic imine (C=N–C) groups is 2. The van der Waals surface area contributed by atoms with Crippen molar-refractivity contribution in [2.75, 3.05) is 0 Å². The predicted molar refractivity (Wildman–Crippen MR) is 114 cm³/mol. The first-order chi connectivity index (χ1) is 14.4. The topological polar surface area (TPSA) is 71.0 Å². The number of quaternary nitrogens is 1. The lowest BCUT2D eigenvalue weighted by Crippen LogP contribution is -2.53. The van der Waals surface area contributed by atoms with Gasteiger partial charge in [-0.05, 0) is 30.2 Å². The molecule has 0 bridgehead atoms. The molecule has 0 radical (unpaired) electrons. The SMILES string of the molecule is CC(O)(c1ccccc1)c1ccc(C2=NC(C3=CC=C3)=C3C=NC=C[N+]23N)c(F)c1. The zero-order chi connectivity index (χ0) is 20.9. The number of nitrogens with zero attached hydrogens (tertiary/aromatic N) is 3. The van der Waals surface area contributed by atoms with Gasteiger partial charge >= 0.3 is 0 Å². The average molecular weight is 399 g/mol. The van der Waals surface area contributed by atoms with Crippen LogP contribution in [0.25, 0.3) is 0 Å². The van der Waals surface area contributed by atoms with E-state index in [-0.39, 0.29) is 10.2 Å². The van der Waals surface area contributed by atoms with Crippen molar-refractivity contribution >= 4 is 12.1 Å². The highest BCUT2D eigenvalue weighted by atomic mass is 19.1. The zero-order valence-electron chi connectivity index (χ0n) is 16.3. The van der Waals surface area contributed by atoms with Crippen LogP contribution in [-0.4, -0.2) is 21.7 Å². The summed E-state index contributed by atoms with van der Waals surface area (Å²) in [6, 6.07) is 13.9. The van der Waals surface area contributed by atoms with Crippen LogP contribution < -0.4 is 5.84 Å². The van der Waals surface area contributed by atoms with E-state index in [0.29, 0.717) is 28.4 Å². The Morgan fingerprint density at radius 3 is 2.53 bits per heavy atom. The fourth-order valence-electron chi connectivity index (χ4n) is 3.85. The van der Waals surface area contributed by atoms with E-state index in [0.717, 1.165) is 5.57 Å². The van der Waals surface area contributed by atoms with Crippen molar-refractivity contribution in [3.05, 3.63) is 119 Å². The molecule has 2 atom stereocenters. The fourth-order valence-corrected chi connectivity index (χ4v) is 3.85. The second kappa shape index (κ2) is 6.53. The third kappa shape index (κ3) is 2.66. The zero-order valence-corrected chi connectivity index (χ0v) is 16.3. The molecule has 0 fully saturated rings. The number of benzene rings is 2. The lowest BCUT2D eigenvalue weighted by Gasteiger charge is -2.28. The van der Waals surface area contributed by atoms with Gasteiger partial charge in [0.05, 0.1) is 18.0 Å². The summed E-state index contributed by atoms with van der Waals surface area (Å²) in [4.78, 5) is 8.86. The Bertz CT molecular complexity index is 1240. The number of amidine groups is 1. The van der Waals surface area contributed by atoms with Crippen LogP contribution in [-0.2, 0) is 5.60 Å². The Kier molecular flexibility index (Phi) is 4.04. The minimum absolute atomic E-state index is 0.255. The molecular weight excluding hydrogens is 379 g/mol. The number of allylic oxidation sites excluding steroid dienone is 4. The first-order valence-electron chi connectivity index (χ1n) is 9.60. The third-order valence-corrected chi connectivity index (χ3v) is 5.73. The highest BCUT2D eigenvalue weighted by molar-refractivity contribution is 6.01. The monoisotopic (exact) mass is 399 g/mol. The van der Waals surface area contributed by atoms with Gasteiger partial charge in [-0.3, -0.25) is 4.99 Å². The van der Waals surface area contributed by atoms with Crippen molar-refractivity contribution < 1.29 is 14.1 Å². The first kappa shape index (κ1) is 18.6. The molecule has 3 N–H and O–H groups in total. The van der Waals surface area contributed by atoms with Gasteiger partial charge in [0.25, 0.3) is 5.84 Å². The first-order valence-corrected chi connectivity index (χ1v) is 9.60. The lowest BCUT2D eigenvalue weighted by atomic mass is 9.87. The Labute approximate surface area is 173 Å². The summed E-state index contributed by atoms with van der Waals surface area (Å²) in [5.41, 5.74) is 2.38. The smallest absolute Gasteiger partial charge is 0.268 e. The van der Waals surface area contributed by atoms with E-state index < -0.39 is 11.4 Å². The molecule has 2 aromatic rings. The van der Waals surface area contributed by atoms with Gasteiger partial charge in [0.15, 0.2) is 0 Å². The highest BCUT2D eigenvalue weighted by Crippen LogP contribution is 2.37. The Hall–Kier alpha value is -3.45. The van der Waals surface area contributed by atoms with E-state index in [1.165, 1.54) is 6.07 Å². The number of halogens is 1. The molecule has 148 valence electrons. The summed E-state index contributed by atoms with van der Waals surface area (Å²) in [5, 5.41) is 11.1. The van der Waals surface area contributed by atoms with Gasteiger partial charge < -0.3 is 5.11 Å². The molecule has 0 saturated heterocycles. The predicted octanol–water partition coefficient (Wildman–Crippen LogP) is 3.80. The fraction of sp³-hybridized carbons (Fsp3) is 0.0833. The summed E-state index contributed by atoms with van der Waals surface area (Å²) < 4.78 is 15.1. The van der Waals surface area contributed by atoms with E-state index in [4.69, 9.17) is 5.84 Å². The van der Waals surface area contributed by atoms with Crippen LogP contribution in [0.15, 0.2) is 106 Å². The largest absolute Gasteiger partial charge is 0.381 e. The van der Waals surface area contributed by atoms with Gasteiger partial charge in [-0.1, -0.05) is 54.6 Å². The Balaban J connectivity index is 1.57. The van der Waals surface area contributed by atoms with Crippen molar-refractivity contribution in [2.45, 2.75) is 12.5 Å². The highest BCUT2D eigenvalue weighted by Gasteiger charge is 2.46. The molecule has 2 heterocycles. The van der Waals surface area contributed by atoms with E-state index in [1.807, 2.05) is 48.6 Å². The number of fused-ring (bicyclic) bond motifs is 1. The van der Waals surface area contributed by atoms with Crippen molar-refractivity contribution in [2.24, 2.45) is 15.8 Å². The van der Waals surface area contributed by atoms with Gasteiger partial charge in [0.2, 0.25) is 5.70 Å². The quantitative estimate of drug-likeness (QED) is 0.607. The molecule has 5 nitrogen and oxygen atoms in total. The van der Waals surface area contributed by atoms with Gasteiger partial charge in [-0.25, -0.2) is 4.39 Å². The molecule has 5 rings (SSSR count). The second-order valence-corrected chi connectivity index (χ2v) is 7.64. The van der Waals surface area contributed by atoms with E-state index in [2.05, 4.69) is 9.98 Å². The summed E-state index contributed by atoms with van der Waals surface area (Å²) in [7, 11) is 0. The molecule has 3 aliphatic rings. The van der Waals surface area contributed by atoms with Crippen molar-refractivity contribution in [1.29, 1.82) is 0 Å². The molecule has 2 aliphatic heterocycles. The molecule has 0 spiro atoms. The standard InChI is InChI=1S/C24H20FN4O/c1-24(30,17-8-3-2-4-9-17)18-10-11-19(20(25)14-18)23-28-22(16-6-5-7-16)21-15-27-12-13-29(21,23)26/h2-15,30H,26H2,1H3/q+1. The van der Waals surface area contributed by atoms with E-state index in [9.17, 15) is 5.11 Å². The van der Waals surface area contributed by atoms with Crippen molar-refractivity contribution in [1.82, 2.24) is 0 Å². The number of hydrogen-bond acceptors (Lipinski definition) is 4. The van der Waals surface area contributed by atoms with Crippen LogP contribution in [0.3, 0.4) is 0 Å². The average Bonchev–Trinajstić information content (AvgIpc) is 3.00. The van der Waals surface area contributed by atoms with Gasteiger partial charge in [-0.2, -0.15) is 10.8 Å². The summed E-state index contributed by atoms with van der Waals surface area (Å²) >= 11 is 0. The van der Waals surface area contributed by atoms with Crippen LogP contribution in [0, 0.1) is 5.82 Å². The minimum atomic E-state index is -1.33. The third-order valence-electron chi connectivity index (χ3n) is 5.73. The number of nitrogens with two attached hydrogens (primary N) is 1. The van der Waals surface area contributed by atoms with Crippen molar-refractivity contribution in [3.8, 4) is 0 Å². The maximum atomic E-state index is 15.3. The summed E-state index contributed by atoms with van der Waals surface area (Å²) in [6.07, 6.45) is 10.7. The Morgan fingerprint density at radius 2 is 1.87 bits per heavy atom. The lowest BCUT2D eigenvalue weighted by molar-refractivity contribution is -0.750. The number of hydrogen-bond donors (Lipinski definition) is 2. The maximum Gasteiger partial charge on any atom is 0.268 e.